The van der Waals surface area contributed by atoms with Crippen LogP contribution in [-0.4, -0.2) is 37.9 Å². The zero-order valence-corrected chi connectivity index (χ0v) is 17.1. The van der Waals surface area contributed by atoms with Crippen molar-refractivity contribution in [3.05, 3.63) is 52.5 Å². The number of hydrogen-bond donors (Lipinski definition) is 2. The summed E-state index contributed by atoms with van der Waals surface area (Å²) in [5, 5.41) is 6.05. The van der Waals surface area contributed by atoms with Gasteiger partial charge in [0, 0.05) is 41.4 Å². The van der Waals surface area contributed by atoms with Gasteiger partial charge in [-0.1, -0.05) is 23.2 Å². The lowest BCUT2D eigenvalue weighted by Gasteiger charge is -2.17. The molecule has 3 rings (SSSR count). The van der Waals surface area contributed by atoms with Crippen LogP contribution in [0.15, 0.2) is 42.5 Å². The molecule has 1 saturated heterocycles. The summed E-state index contributed by atoms with van der Waals surface area (Å²) in [7, 11) is 1.55. The van der Waals surface area contributed by atoms with Crippen molar-refractivity contribution in [3.63, 3.8) is 0 Å². The first-order valence-corrected chi connectivity index (χ1v) is 9.62. The number of carbonyl (C=O) groups is 3. The quantitative estimate of drug-likeness (QED) is 0.729. The van der Waals surface area contributed by atoms with Crippen LogP contribution in [-0.2, 0) is 14.4 Å². The lowest BCUT2D eigenvalue weighted by molar-refractivity contribution is -0.125. The molecular weight excluding hydrogens is 417 g/mol. The molecule has 2 aromatic rings. The number of hydrogen-bond acceptors (Lipinski definition) is 4. The van der Waals surface area contributed by atoms with Crippen LogP contribution in [0.4, 0.5) is 11.4 Å². The summed E-state index contributed by atoms with van der Waals surface area (Å²) in [4.78, 5) is 37.5. The molecule has 2 N–H and O–H groups in total. The third kappa shape index (κ3) is 5.40. The van der Waals surface area contributed by atoms with E-state index in [9.17, 15) is 14.4 Å². The van der Waals surface area contributed by atoms with E-state index in [1.807, 2.05) is 0 Å². The molecule has 1 heterocycles. The molecule has 3 amide bonds. The first-order valence-electron chi connectivity index (χ1n) is 8.86. The van der Waals surface area contributed by atoms with Gasteiger partial charge in [-0.2, -0.15) is 0 Å². The van der Waals surface area contributed by atoms with Crippen LogP contribution < -0.4 is 20.3 Å². The maximum Gasteiger partial charge on any atom is 0.262 e. The van der Waals surface area contributed by atoms with E-state index in [2.05, 4.69) is 10.6 Å². The van der Waals surface area contributed by atoms with Gasteiger partial charge in [0.05, 0.1) is 5.92 Å². The molecule has 152 valence electrons. The smallest absolute Gasteiger partial charge is 0.262 e. The molecule has 0 bridgehead atoms. The minimum Gasteiger partial charge on any atom is -0.484 e. The number of ether oxygens (including phenoxy) is 1. The summed E-state index contributed by atoms with van der Waals surface area (Å²) in [5.74, 6) is -0.496. The van der Waals surface area contributed by atoms with E-state index < -0.39 is 0 Å². The summed E-state index contributed by atoms with van der Waals surface area (Å²) >= 11 is 11.8. The predicted molar refractivity (Wildman–Crippen MR) is 112 cm³/mol. The molecule has 7 nitrogen and oxygen atoms in total. The Kier molecular flexibility index (Phi) is 6.61. The van der Waals surface area contributed by atoms with E-state index >= 15 is 0 Å². The van der Waals surface area contributed by atoms with E-state index in [-0.39, 0.29) is 36.7 Å². The third-order valence-corrected chi connectivity index (χ3v) is 4.84. The van der Waals surface area contributed by atoms with E-state index in [1.54, 1.807) is 54.4 Å². The fraction of sp³-hybridized carbons (Fsp3) is 0.250. The minimum absolute atomic E-state index is 0.105. The maximum absolute atomic E-state index is 12.2. The molecule has 0 unspecified atom stereocenters. The second-order valence-electron chi connectivity index (χ2n) is 6.51. The number of rotatable bonds is 6. The summed E-state index contributed by atoms with van der Waals surface area (Å²) in [6.45, 7) is 0.133. The van der Waals surface area contributed by atoms with Crippen LogP contribution in [0.1, 0.15) is 6.42 Å². The van der Waals surface area contributed by atoms with Gasteiger partial charge in [-0.3, -0.25) is 14.4 Å². The number of amides is 3. The monoisotopic (exact) mass is 435 g/mol. The Morgan fingerprint density at radius 2 is 1.79 bits per heavy atom. The van der Waals surface area contributed by atoms with E-state index in [1.165, 1.54) is 0 Å². The van der Waals surface area contributed by atoms with Gasteiger partial charge in [0.15, 0.2) is 6.61 Å². The molecule has 0 radical (unpaired) electrons. The Bertz CT molecular complexity index is 914. The Hall–Kier alpha value is -2.77. The van der Waals surface area contributed by atoms with Gasteiger partial charge in [0.1, 0.15) is 5.75 Å². The predicted octanol–water partition coefficient (Wildman–Crippen LogP) is 3.11. The highest BCUT2D eigenvalue weighted by atomic mass is 35.5. The largest absolute Gasteiger partial charge is 0.484 e. The molecule has 0 aromatic heterocycles. The number of nitrogens with one attached hydrogen (secondary N) is 2. The normalized spacial score (nSPS) is 15.9. The van der Waals surface area contributed by atoms with Crippen LogP contribution in [0.2, 0.25) is 10.0 Å². The molecule has 2 aromatic carbocycles. The van der Waals surface area contributed by atoms with Crippen LogP contribution in [0.3, 0.4) is 0 Å². The zero-order chi connectivity index (χ0) is 21.0. The summed E-state index contributed by atoms with van der Waals surface area (Å²) in [5.41, 5.74) is 1.15. The molecule has 29 heavy (non-hydrogen) atoms. The average molecular weight is 436 g/mol. The van der Waals surface area contributed by atoms with E-state index in [4.69, 9.17) is 27.9 Å². The highest BCUT2D eigenvalue weighted by Crippen LogP contribution is 2.27. The number of benzene rings is 2. The Labute approximate surface area is 177 Å². The Morgan fingerprint density at radius 3 is 2.41 bits per heavy atom. The topological polar surface area (TPSA) is 87.7 Å². The highest BCUT2D eigenvalue weighted by Gasteiger charge is 2.34. The number of nitrogens with zero attached hydrogens (tertiary/aromatic N) is 1. The van der Waals surface area contributed by atoms with Crippen molar-refractivity contribution in [3.8, 4) is 5.75 Å². The van der Waals surface area contributed by atoms with Crippen LogP contribution in [0.5, 0.6) is 5.75 Å². The molecule has 9 heteroatoms. The van der Waals surface area contributed by atoms with Crippen molar-refractivity contribution < 1.29 is 19.1 Å². The summed E-state index contributed by atoms with van der Waals surface area (Å²) in [6, 6.07) is 11.5. The van der Waals surface area contributed by atoms with E-state index in [0.717, 1.165) is 0 Å². The van der Waals surface area contributed by atoms with Crippen molar-refractivity contribution in [2.24, 2.45) is 5.92 Å². The molecule has 0 aliphatic carbocycles. The lowest BCUT2D eigenvalue weighted by Crippen LogP contribution is -2.30. The van der Waals surface area contributed by atoms with Gasteiger partial charge in [-0.15, -0.1) is 0 Å². The fourth-order valence-electron chi connectivity index (χ4n) is 3.03. The Morgan fingerprint density at radius 1 is 1.14 bits per heavy atom. The molecule has 1 aliphatic heterocycles. The summed E-state index contributed by atoms with van der Waals surface area (Å²) in [6.07, 6.45) is 0.186. The lowest BCUT2D eigenvalue weighted by atomic mass is 10.1. The molecule has 1 aliphatic rings. The SMILES string of the molecule is CNC(=O)[C@H]1CC(=O)N(c2ccc(OCC(=O)Nc3cc(Cl)cc(Cl)c3)cc2)C1. The second-order valence-corrected chi connectivity index (χ2v) is 7.38. The number of anilines is 2. The fourth-order valence-corrected chi connectivity index (χ4v) is 3.56. The summed E-state index contributed by atoms with van der Waals surface area (Å²) < 4.78 is 5.48. The Balaban J connectivity index is 1.55. The van der Waals surface area contributed by atoms with Crippen molar-refractivity contribution >= 4 is 52.3 Å². The van der Waals surface area contributed by atoms with Gasteiger partial charge in [0.2, 0.25) is 11.8 Å². The van der Waals surface area contributed by atoms with Crippen LogP contribution >= 0.6 is 23.2 Å². The van der Waals surface area contributed by atoms with Crippen molar-refractivity contribution in [1.82, 2.24) is 5.32 Å². The van der Waals surface area contributed by atoms with Crippen molar-refractivity contribution in [2.75, 3.05) is 30.4 Å². The first kappa shape index (κ1) is 21.0. The van der Waals surface area contributed by atoms with Gasteiger partial charge in [0.25, 0.3) is 5.91 Å². The van der Waals surface area contributed by atoms with Gasteiger partial charge < -0.3 is 20.3 Å². The molecule has 1 fully saturated rings. The van der Waals surface area contributed by atoms with Crippen LogP contribution in [0.25, 0.3) is 0 Å². The number of carbonyl (C=O) groups excluding carboxylic acids is 3. The van der Waals surface area contributed by atoms with Gasteiger partial charge in [-0.05, 0) is 42.5 Å². The third-order valence-electron chi connectivity index (χ3n) is 4.41. The van der Waals surface area contributed by atoms with E-state index in [0.29, 0.717) is 33.7 Å². The molecule has 1 atom stereocenters. The van der Waals surface area contributed by atoms with Gasteiger partial charge in [-0.25, -0.2) is 0 Å². The molecule has 0 saturated carbocycles. The molecular formula is C20H19Cl2N3O4. The minimum atomic E-state index is -0.365. The van der Waals surface area contributed by atoms with Crippen molar-refractivity contribution in [2.45, 2.75) is 6.42 Å². The maximum atomic E-state index is 12.2. The highest BCUT2D eigenvalue weighted by molar-refractivity contribution is 6.35. The zero-order valence-electron chi connectivity index (χ0n) is 15.6. The first-order chi connectivity index (χ1) is 13.9. The second kappa shape index (κ2) is 9.15. The van der Waals surface area contributed by atoms with Crippen LogP contribution in [0, 0.1) is 5.92 Å². The standard InChI is InChI=1S/C20H19Cl2N3O4/c1-23-20(28)12-6-19(27)25(10-12)16-2-4-17(5-3-16)29-11-18(26)24-15-8-13(21)7-14(22)9-15/h2-5,7-9,12H,6,10-11H2,1H3,(H,23,28)(H,24,26)/t12-/m0/s1. The van der Waals surface area contributed by atoms with Crippen molar-refractivity contribution in [1.29, 1.82) is 0 Å². The molecule has 0 spiro atoms. The van der Waals surface area contributed by atoms with Gasteiger partial charge >= 0.3 is 0 Å². The number of halogens is 2. The average Bonchev–Trinajstić information content (AvgIpc) is 3.07.